The maximum Gasteiger partial charge on any atom is 0.587 e. The van der Waals surface area contributed by atoms with E-state index in [0.717, 1.165) is 6.20 Å². The number of hydrogen-bond acceptors (Lipinski definition) is 5. The third kappa shape index (κ3) is 3.43. The van der Waals surface area contributed by atoms with Crippen LogP contribution in [0.3, 0.4) is 0 Å². The summed E-state index contributed by atoms with van der Waals surface area (Å²) in [6.07, 6.45) is -3.30. The van der Waals surface area contributed by atoms with Crippen LogP contribution < -0.4 is 14.8 Å². The molecule has 0 aliphatic carbocycles. The lowest BCUT2D eigenvalue weighted by Gasteiger charge is -2.19. The van der Waals surface area contributed by atoms with Crippen molar-refractivity contribution >= 4 is 11.8 Å². The zero-order valence-corrected chi connectivity index (χ0v) is 10.5. The van der Waals surface area contributed by atoms with Gasteiger partial charge in [0.25, 0.3) is 5.88 Å². The Morgan fingerprint density at radius 1 is 1.42 bits per heavy atom. The molecule has 19 heavy (non-hydrogen) atoms. The van der Waals surface area contributed by atoms with Crippen LogP contribution in [0.15, 0.2) is 12.3 Å². The number of amides is 1. The number of hydrogen-bond donors (Lipinski definition) is 1. The Kier molecular flexibility index (Phi) is 2.95. The lowest BCUT2D eigenvalue weighted by Crippen LogP contribution is -2.27. The molecule has 104 valence electrons. The van der Waals surface area contributed by atoms with E-state index in [-0.39, 0.29) is 17.3 Å². The molecule has 1 N–H and O–H groups in total. The quantitative estimate of drug-likeness (QED) is 0.852. The van der Waals surface area contributed by atoms with Gasteiger partial charge in [-0.1, -0.05) is 0 Å². The van der Waals surface area contributed by atoms with Crippen LogP contribution in [0.25, 0.3) is 0 Å². The van der Waals surface area contributed by atoms with Crippen LogP contribution in [0.5, 0.6) is 11.6 Å². The van der Waals surface area contributed by atoms with E-state index in [1.54, 1.807) is 20.8 Å². The van der Waals surface area contributed by atoms with E-state index < -0.39 is 18.0 Å². The van der Waals surface area contributed by atoms with E-state index in [2.05, 4.69) is 19.8 Å². The smallest absolute Gasteiger partial charge is 0.444 e. The highest BCUT2D eigenvalue weighted by Crippen LogP contribution is 2.40. The second kappa shape index (κ2) is 4.22. The first kappa shape index (κ1) is 13.3. The van der Waals surface area contributed by atoms with E-state index >= 15 is 0 Å². The van der Waals surface area contributed by atoms with Crippen LogP contribution in [0.4, 0.5) is 19.3 Å². The molecule has 0 saturated heterocycles. The van der Waals surface area contributed by atoms with Gasteiger partial charge in [-0.3, -0.25) is 5.32 Å². The van der Waals surface area contributed by atoms with E-state index in [0.29, 0.717) is 0 Å². The zero-order chi connectivity index (χ0) is 14.3. The number of carbonyl (C=O) groups excluding carboxylic acids is 1. The fourth-order valence-corrected chi connectivity index (χ4v) is 1.33. The number of rotatable bonds is 1. The highest BCUT2D eigenvalue weighted by atomic mass is 19.3. The van der Waals surface area contributed by atoms with E-state index in [9.17, 15) is 13.6 Å². The standard InChI is InChI=1S/C11H12F2N2O4/c1-10(2,3)19-9(16)15-6-4-7-8(14-5-6)18-11(12,13)17-7/h4-5H,1-3H3,(H,15,16). The summed E-state index contributed by atoms with van der Waals surface area (Å²) < 4.78 is 38.8. The van der Waals surface area contributed by atoms with Gasteiger partial charge in [-0.05, 0) is 20.8 Å². The summed E-state index contributed by atoms with van der Waals surface area (Å²) in [6.45, 7) is 5.10. The van der Waals surface area contributed by atoms with Gasteiger partial charge < -0.3 is 14.2 Å². The summed E-state index contributed by atoms with van der Waals surface area (Å²) in [5.74, 6) is -0.585. The molecule has 0 bridgehead atoms. The monoisotopic (exact) mass is 274 g/mol. The van der Waals surface area contributed by atoms with Crippen molar-refractivity contribution in [1.82, 2.24) is 4.98 Å². The van der Waals surface area contributed by atoms with Gasteiger partial charge in [0, 0.05) is 6.07 Å². The molecule has 1 aromatic heterocycles. The molecule has 0 radical (unpaired) electrons. The Balaban J connectivity index is 2.07. The summed E-state index contributed by atoms with van der Waals surface area (Å²) in [4.78, 5) is 15.1. The summed E-state index contributed by atoms with van der Waals surface area (Å²) in [5, 5.41) is 2.35. The van der Waals surface area contributed by atoms with Crippen LogP contribution in [0.1, 0.15) is 20.8 Å². The van der Waals surface area contributed by atoms with Crippen LogP contribution in [-0.4, -0.2) is 23.0 Å². The molecule has 1 aliphatic rings. The Morgan fingerprint density at radius 3 is 2.74 bits per heavy atom. The average molecular weight is 274 g/mol. The summed E-state index contributed by atoms with van der Waals surface area (Å²) in [7, 11) is 0. The molecule has 0 spiro atoms. The number of halogens is 2. The SMILES string of the molecule is CC(C)(C)OC(=O)Nc1cnc2c(c1)OC(F)(F)O2. The minimum absolute atomic E-state index is 0.161. The molecule has 8 heteroatoms. The fraction of sp³-hybridized carbons (Fsp3) is 0.455. The van der Waals surface area contributed by atoms with Crippen molar-refractivity contribution in [2.75, 3.05) is 5.32 Å². The van der Waals surface area contributed by atoms with Gasteiger partial charge in [-0.25, -0.2) is 9.78 Å². The Labute approximate surface area is 107 Å². The van der Waals surface area contributed by atoms with E-state index in [1.165, 1.54) is 6.07 Å². The fourth-order valence-electron chi connectivity index (χ4n) is 1.33. The molecule has 6 nitrogen and oxygen atoms in total. The van der Waals surface area contributed by atoms with Gasteiger partial charge >= 0.3 is 12.4 Å². The molecule has 0 aromatic carbocycles. The molecule has 2 heterocycles. The minimum Gasteiger partial charge on any atom is -0.444 e. The third-order valence-electron chi connectivity index (χ3n) is 1.91. The maximum atomic E-state index is 12.8. The molecular weight excluding hydrogens is 262 g/mol. The molecule has 0 saturated carbocycles. The molecule has 1 aliphatic heterocycles. The van der Waals surface area contributed by atoms with Gasteiger partial charge in [0.2, 0.25) is 0 Å². The number of alkyl halides is 2. The molecule has 0 fully saturated rings. The van der Waals surface area contributed by atoms with Gasteiger partial charge in [0.1, 0.15) is 5.60 Å². The molecule has 1 amide bonds. The summed E-state index contributed by atoms with van der Waals surface area (Å²) in [5.41, 5.74) is -0.504. The minimum atomic E-state index is -3.74. The topological polar surface area (TPSA) is 69.7 Å². The first-order valence-electron chi connectivity index (χ1n) is 5.40. The third-order valence-corrected chi connectivity index (χ3v) is 1.91. The van der Waals surface area contributed by atoms with Crippen LogP contribution in [0.2, 0.25) is 0 Å². The van der Waals surface area contributed by atoms with Crippen molar-refractivity contribution in [3.63, 3.8) is 0 Å². The van der Waals surface area contributed by atoms with Crippen molar-refractivity contribution in [2.24, 2.45) is 0 Å². The predicted octanol–water partition coefficient (Wildman–Crippen LogP) is 2.75. The van der Waals surface area contributed by atoms with Crippen molar-refractivity contribution in [3.8, 4) is 11.6 Å². The lowest BCUT2D eigenvalue weighted by atomic mass is 10.2. The number of ether oxygens (including phenoxy) is 3. The van der Waals surface area contributed by atoms with Crippen molar-refractivity contribution in [2.45, 2.75) is 32.7 Å². The van der Waals surface area contributed by atoms with Gasteiger partial charge in [-0.15, -0.1) is 8.78 Å². The first-order valence-corrected chi connectivity index (χ1v) is 5.40. The van der Waals surface area contributed by atoms with Crippen molar-refractivity contribution in [1.29, 1.82) is 0 Å². The maximum absolute atomic E-state index is 12.8. The Bertz CT molecular complexity index is 514. The lowest BCUT2D eigenvalue weighted by molar-refractivity contribution is -0.287. The second-order valence-corrected chi connectivity index (χ2v) is 4.82. The van der Waals surface area contributed by atoms with Crippen molar-refractivity contribution < 1.29 is 27.8 Å². The van der Waals surface area contributed by atoms with Crippen LogP contribution >= 0.6 is 0 Å². The molecular formula is C11H12F2N2O4. The van der Waals surface area contributed by atoms with Gasteiger partial charge in [-0.2, -0.15) is 0 Å². The summed E-state index contributed by atoms with van der Waals surface area (Å²) in [6, 6.07) is 1.17. The highest BCUT2D eigenvalue weighted by molar-refractivity contribution is 5.85. The van der Waals surface area contributed by atoms with E-state index in [1.807, 2.05) is 0 Å². The van der Waals surface area contributed by atoms with Gasteiger partial charge in [0.05, 0.1) is 11.9 Å². The largest absolute Gasteiger partial charge is 0.587 e. The normalized spacial score (nSPS) is 16.1. The summed E-state index contributed by atoms with van der Waals surface area (Å²) >= 11 is 0. The van der Waals surface area contributed by atoms with Gasteiger partial charge in [0.15, 0.2) is 5.75 Å². The Hall–Kier alpha value is -2.12. The number of fused-ring (bicyclic) bond motifs is 1. The number of anilines is 1. The number of aromatic nitrogens is 1. The molecule has 0 atom stereocenters. The first-order chi connectivity index (χ1) is 8.65. The van der Waals surface area contributed by atoms with Crippen LogP contribution in [0, 0.1) is 0 Å². The highest BCUT2D eigenvalue weighted by Gasteiger charge is 2.44. The molecule has 0 unspecified atom stereocenters. The predicted molar refractivity (Wildman–Crippen MR) is 60.3 cm³/mol. The zero-order valence-electron chi connectivity index (χ0n) is 10.5. The molecule has 1 aromatic rings. The Morgan fingerprint density at radius 2 is 2.11 bits per heavy atom. The van der Waals surface area contributed by atoms with Crippen LogP contribution in [-0.2, 0) is 4.74 Å². The second-order valence-electron chi connectivity index (χ2n) is 4.82. The number of pyridine rings is 1. The number of nitrogens with one attached hydrogen (secondary N) is 1. The molecule has 2 rings (SSSR count). The number of carbonyl (C=O) groups is 1. The van der Waals surface area contributed by atoms with E-state index in [4.69, 9.17) is 4.74 Å². The average Bonchev–Trinajstić information content (AvgIpc) is 2.47. The van der Waals surface area contributed by atoms with Crippen molar-refractivity contribution in [3.05, 3.63) is 12.3 Å². The number of nitrogens with zero attached hydrogens (tertiary/aromatic N) is 1.